The molecule has 138 valence electrons. The Balaban J connectivity index is 2.09. The Hall–Kier alpha value is -2.33. The molecule has 1 fully saturated rings. The predicted octanol–water partition coefficient (Wildman–Crippen LogP) is 2.92. The van der Waals surface area contributed by atoms with Crippen LogP contribution in [0.1, 0.15) is 38.2 Å². The Labute approximate surface area is 161 Å². The molecule has 0 saturated heterocycles. The average Bonchev–Trinajstić information content (AvgIpc) is 2.60. The van der Waals surface area contributed by atoms with Crippen LogP contribution in [0.15, 0.2) is 28.2 Å². The van der Waals surface area contributed by atoms with Crippen molar-refractivity contribution in [3.8, 4) is 11.8 Å². The summed E-state index contributed by atoms with van der Waals surface area (Å²) in [7, 11) is 0. The lowest BCUT2D eigenvalue weighted by atomic mass is 9.86. The molecule has 7 heteroatoms. The highest BCUT2D eigenvalue weighted by atomic mass is 79.9. The van der Waals surface area contributed by atoms with Crippen LogP contribution in [0.25, 0.3) is 6.08 Å². The molecule has 1 aromatic rings. The Morgan fingerprint density at radius 2 is 2.15 bits per heavy atom. The standard InChI is InChI=1S/C19H22BrN3O3/c1-12-4-2-3-5-16(12)23-19(25)14(10-21)8-13-6-7-17(15(20)9-13)26-11-18(22)24/h6-9,12,16H,2-5,11H2,1H3,(H2,22,24)(H,23,25)/b14-8+/t12-,16+/m0/s1. The lowest BCUT2D eigenvalue weighted by Gasteiger charge is -2.29. The van der Waals surface area contributed by atoms with Crippen molar-refractivity contribution in [1.29, 1.82) is 5.26 Å². The number of ether oxygens (including phenoxy) is 1. The van der Waals surface area contributed by atoms with Gasteiger partial charge in [-0.1, -0.05) is 25.8 Å². The number of carbonyl (C=O) groups excluding carboxylic acids is 2. The molecule has 2 rings (SSSR count). The van der Waals surface area contributed by atoms with Crippen molar-refractivity contribution in [3.63, 3.8) is 0 Å². The van der Waals surface area contributed by atoms with E-state index in [0.717, 1.165) is 19.3 Å². The molecule has 6 nitrogen and oxygen atoms in total. The highest BCUT2D eigenvalue weighted by Gasteiger charge is 2.24. The quantitative estimate of drug-likeness (QED) is 0.545. The highest BCUT2D eigenvalue weighted by Crippen LogP contribution is 2.27. The van der Waals surface area contributed by atoms with Crippen molar-refractivity contribution < 1.29 is 14.3 Å². The van der Waals surface area contributed by atoms with E-state index in [9.17, 15) is 14.9 Å². The van der Waals surface area contributed by atoms with Crippen LogP contribution in [0.3, 0.4) is 0 Å². The Morgan fingerprint density at radius 3 is 2.77 bits per heavy atom. The van der Waals surface area contributed by atoms with E-state index >= 15 is 0 Å². The fraction of sp³-hybridized carbons (Fsp3) is 0.421. The van der Waals surface area contributed by atoms with Crippen LogP contribution in [-0.4, -0.2) is 24.5 Å². The number of nitriles is 1. The first-order valence-electron chi connectivity index (χ1n) is 8.54. The molecule has 3 N–H and O–H groups in total. The van der Waals surface area contributed by atoms with Crippen LogP contribution in [0.4, 0.5) is 0 Å². The summed E-state index contributed by atoms with van der Waals surface area (Å²) >= 11 is 3.34. The molecular formula is C19H22BrN3O3. The molecule has 2 amide bonds. The summed E-state index contributed by atoms with van der Waals surface area (Å²) in [6, 6.07) is 7.15. The summed E-state index contributed by atoms with van der Waals surface area (Å²) in [5.74, 6) is -0.0407. The number of carbonyl (C=O) groups is 2. The average molecular weight is 420 g/mol. The SMILES string of the molecule is C[C@H]1CCCC[C@H]1NC(=O)/C(C#N)=C/c1ccc(OCC(N)=O)c(Br)c1. The van der Waals surface area contributed by atoms with Crippen LogP contribution in [0, 0.1) is 17.2 Å². The first kappa shape index (κ1) is 20.0. The normalized spacial score (nSPS) is 20.1. The van der Waals surface area contributed by atoms with Crippen LogP contribution in [-0.2, 0) is 9.59 Å². The molecular weight excluding hydrogens is 398 g/mol. The zero-order valence-electron chi connectivity index (χ0n) is 14.6. The maximum Gasteiger partial charge on any atom is 0.262 e. The number of rotatable bonds is 6. The van der Waals surface area contributed by atoms with E-state index in [1.165, 1.54) is 12.5 Å². The predicted molar refractivity (Wildman–Crippen MR) is 102 cm³/mol. The maximum absolute atomic E-state index is 12.4. The monoisotopic (exact) mass is 419 g/mol. The first-order chi connectivity index (χ1) is 12.4. The second-order valence-electron chi connectivity index (χ2n) is 6.46. The molecule has 0 radical (unpaired) electrons. The molecule has 1 saturated carbocycles. The van der Waals surface area contributed by atoms with Gasteiger partial charge >= 0.3 is 0 Å². The molecule has 1 aromatic carbocycles. The molecule has 2 atom stereocenters. The van der Waals surface area contributed by atoms with Crippen molar-refractivity contribution >= 4 is 33.8 Å². The van der Waals surface area contributed by atoms with Gasteiger partial charge in [-0.05, 0) is 58.5 Å². The van der Waals surface area contributed by atoms with Crippen molar-refractivity contribution in [1.82, 2.24) is 5.32 Å². The number of halogens is 1. The van der Waals surface area contributed by atoms with Crippen LogP contribution in [0.5, 0.6) is 5.75 Å². The number of amides is 2. The molecule has 0 aliphatic heterocycles. The molecule has 1 aliphatic carbocycles. The van der Waals surface area contributed by atoms with Crippen molar-refractivity contribution in [2.24, 2.45) is 11.7 Å². The summed E-state index contributed by atoms with van der Waals surface area (Å²) in [5.41, 5.74) is 5.78. The van der Waals surface area contributed by atoms with E-state index < -0.39 is 5.91 Å². The minimum Gasteiger partial charge on any atom is -0.483 e. The topological polar surface area (TPSA) is 105 Å². The summed E-state index contributed by atoms with van der Waals surface area (Å²) in [6.45, 7) is 1.90. The molecule has 0 unspecified atom stereocenters. The third-order valence-corrected chi connectivity index (χ3v) is 5.05. The largest absolute Gasteiger partial charge is 0.483 e. The van der Waals surface area contributed by atoms with E-state index in [1.807, 2.05) is 6.07 Å². The summed E-state index contributed by atoms with van der Waals surface area (Å²) in [5, 5.41) is 12.3. The van der Waals surface area contributed by atoms with E-state index in [1.54, 1.807) is 18.2 Å². The van der Waals surface area contributed by atoms with E-state index in [4.69, 9.17) is 10.5 Å². The summed E-state index contributed by atoms with van der Waals surface area (Å²) < 4.78 is 5.86. The number of primary amides is 1. The Bertz CT molecular complexity index is 755. The van der Waals surface area contributed by atoms with Crippen molar-refractivity contribution in [2.75, 3.05) is 6.61 Å². The lowest BCUT2D eigenvalue weighted by Crippen LogP contribution is -2.41. The fourth-order valence-electron chi connectivity index (χ4n) is 2.96. The van der Waals surface area contributed by atoms with Gasteiger partial charge in [0.15, 0.2) is 6.61 Å². The van der Waals surface area contributed by atoms with Crippen LogP contribution in [0.2, 0.25) is 0 Å². The second-order valence-corrected chi connectivity index (χ2v) is 7.31. The van der Waals surface area contributed by atoms with Crippen LogP contribution >= 0.6 is 15.9 Å². The minimum atomic E-state index is -0.568. The summed E-state index contributed by atoms with van der Waals surface area (Å²) in [4.78, 5) is 23.2. The van der Waals surface area contributed by atoms with E-state index in [0.29, 0.717) is 21.7 Å². The zero-order valence-corrected chi connectivity index (χ0v) is 16.2. The molecule has 0 aromatic heterocycles. The van der Waals surface area contributed by atoms with E-state index in [-0.39, 0.29) is 24.1 Å². The number of nitrogens with one attached hydrogen (secondary N) is 1. The third kappa shape index (κ3) is 5.60. The van der Waals surface area contributed by atoms with Crippen molar-refractivity contribution in [2.45, 2.75) is 38.6 Å². The molecule has 0 bridgehead atoms. The minimum absolute atomic E-state index is 0.0560. The molecule has 1 aliphatic rings. The molecule has 26 heavy (non-hydrogen) atoms. The number of nitrogens with two attached hydrogens (primary N) is 1. The fourth-order valence-corrected chi connectivity index (χ4v) is 3.48. The van der Waals surface area contributed by atoms with Gasteiger partial charge < -0.3 is 15.8 Å². The van der Waals surface area contributed by atoms with Gasteiger partial charge in [0, 0.05) is 6.04 Å². The van der Waals surface area contributed by atoms with Gasteiger partial charge in [-0.3, -0.25) is 9.59 Å². The molecule has 0 heterocycles. The van der Waals surface area contributed by atoms with Gasteiger partial charge in [0.05, 0.1) is 4.47 Å². The van der Waals surface area contributed by atoms with Crippen LogP contribution < -0.4 is 15.8 Å². The number of hydrogen-bond acceptors (Lipinski definition) is 4. The van der Waals surface area contributed by atoms with Gasteiger partial charge in [0.2, 0.25) is 0 Å². The Kier molecular flexibility index (Phi) is 7.22. The smallest absolute Gasteiger partial charge is 0.262 e. The lowest BCUT2D eigenvalue weighted by molar-refractivity contribution is -0.120. The van der Waals surface area contributed by atoms with Gasteiger partial charge in [-0.2, -0.15) is 5.26 Å². The number of benzene rings is 1. The summed E-state index contributed by atoms with van der Waals surface area (Å²) in [6.07, 6.45) is 5.86. The van der Waals surface area contributed by atoms with Gasteiger partial charge in [0.1, 0.15) is 17.4 Å². The zero-order chi connectivity index (χ0) is 19.1. The van der Waals surface area contributed by atoms with Gasteiger partial charge in [-0.15, -0.1) is 0 Å². The van der Waals surface area contributed by atoms with Gasteiger partial charge in [0.25, 0.3) is 11.8 Å². The van der Waals surface area contributed by atoms with Gasteiger partial charge in [-0.25, -0.2) is 0 Å². The number of hydrogen-bond donors (Lipinski definition) is 2. The number of nitrogens with zero attached hydrogens (tertiary/aromatic N) is 1. The Morgan fingerprint density at radius 1 is 1.42 bits per heavy atom. The first-order valence-corrected chi connectivity index (χ1v) is 9.33. The molecule has 0 spiro atoms. The highest BCUT2D eigenvalue weighted by molar-refractivity contribution is 9.10. The van der Waals surface area contributed by atoms with Crippen molar-refractivity contribution in [3.05, 3.63) is 33.8 Å². The third-order valence-electron chi connectivity index (χ3n) is 4.43. The second kappa shape index (κ2) is 9.39. The van der Waals surface area contributed by atoms with E-state index in [2.05, 4.69) is 28.2 Å². The maximum atomic E-state index is 12.4.